The van der Waals surface area contributed by atoms with Gasteiger partial charge in [0, 0.05) is 5.39 Å². The number of carbonyl (C=O) groups excluding carboxylic acids is 1. The zero-order chi connectivity index (χ0) is 17.2. The number of benzene rings is 1. The van der Waals surface area contributed by atoms with Gasteiger partial charge < -0.3 is 10.1 Å². The van der Waals surface area contributed by atoms with E-state index in [9.17, 15) is 4.79 Å². The molecule has 1 aliphatic rings. The van der Waals surface area contributed by atoms with Crippen molar-refractivity contribution in [2.24, 2.45) is 0 Å². The molecule has 4 heteroatoms. The number of aromatic nitrogens is 1. The van der Waals surface area contributed by atoms with Gasteiger partial charge in [-0.3, -0.25) is 0 Å². The van der Waals surface area contributed by atoms with E-state index in [1.165, 1.54) is 5.57 Å². The van der Waals surface area contributed by atoms with Gasteiger partial charge in [-0.1, -0.05) is 24.3 Å². The average Bonchev–Trinajstić information content (AvgIpc) is 2.92. The van der Waals surface area contributed by atoms with Crippen LogP contribution in [0.2, 0.25) is 0 Å². The number of hydrogen-bond acceptors (Lipinski definition) is 3. The van der Waals surface area contributed by atoms with Crippen LogP contribution in [0.15, 0.2) is 42.0 Å². The molecule has 24 heavy (non-hydrogen) atoms. The van der Waals surface area contributed by atoms with Crippen molar-refractivity contribution in [1.82, 2.24) is 10.3 Å². The van der Waals surface area contributed by atoms with E-state index in [0.29, 0.717) is 0 Å². The van der Waals surface area contributed by atoms with Crippen LogP contribution in [0.4, 0.5) is 4.79 Å². The summed E-state index contributed by atoms with van der Waals surface area (Å²) in [6, 6.07) is 12.2. The highest BCUT2D eigenvalue weighted by Gasteiger charge is 2.25. The summed E-state index contributed by atoms with van der Waals surface area (Å²) in [6.07, 6.45) is 4.74. The number of alkyl carbamates (subject to hydrolysis) is 1. The number of nitrogens with one attached hydrogen (secondary N) is 1. The molecule has 1 fully saturated rings. The second-order valence-electron chi connectivity index (χ2n) is 7.24. The Hall–Kier alpha value is -2.36. The monoisotopic (exact) mass is 324 g/mol. The summed E-state index contributed by atoms with van der Waals surface area (Å²) in [5.74, 6) is 0. The van der Waals surface area contributed by atoms with Gasteiger partial charge in [0.1, 0.15) is 5.60 Å². The molecule has 0 aliphatic heterocycles. The van der Waals surface area contributed by atoms with Crippen molar-refractivity contribution in [2.45, 2.75) is 51.7 Å². The highest BCUT2D eigenvalue weighted by molar-refractivity contribution is 5.79. The van der Waals surface area contributed by atoms with Gasteiger partial charge in [0.2, 0.25) is 0 Å². The number of carbonyl (C=O) groups is 1. The van der Waals surface area contributed by atoms with E-state index < -0.39 is 5.60 Å². The maximum atomic E-state index is 12.0. The van der Waals surface area contributed by atoms with Gasteiger partial charge >= 0.3 is 6.09 Å². The Morgan fingerprint density at radius 1 is 1.25 bits per heavy atom. The molecule has 1 unspecified atom stereocenters. The molecule has 1 amide bonds. The number of nitrogens with zero attached hydrogens (tertiary/aromatic N) is 1. The summed E-state index contributed by atoms with van der Waals surface area (Å²) >= 11 is 0. The number of para-hydroxylation sites is 1. The fourth-order valence-electron chi connectivity index (χ4n) is 3.01. The van der Waals surface area contributed by atoms with Crippen LogP contribution in [0.3, 0.4) is 0 Å². The second-order valence-corrected chi connectivity index (χ2v) is 7.24. The number of rotatable bonds is 2. The average molecular weight is 324 g/mol. The van der Waals surface area contributed by atoms with Crippen molar-refractivity contribution in [2.75, 3.05) is 0 Å². The molecule has 1 heterocycles. The van der Waals surface area contributed by atoms with Gasteiger partial charge in [-0.25, -0.2) is 9.78 Å². The van der Waals surface area contributed by atoms with Crippen molar-refractivity contribution in [3.8, 4) is 0 Å². The third-order valence-electron chi connectivity index (χ3n) is 4.05. The van der Waals surface area contributed by atoms with Crippen LogP contribution in [0.5, 0.6) is 0 Å². The highest BCUT2D eigenvalue weighted by Crippen LogP contribution is 2.27. The van der Waals surface area contributed by atoms with Crippen LogP contribution in [-0.4, -0.2) is 22.7 Å². The molecule has 1 atom stereocenters. The first-order chi connectivity index (χ1) is 11.4. The predicted molar refractivity (Wildman–Crippen MR) is 96.7 cm³/mol. The quantitative estimate of drug-likeness (QED) is 0.871. The lowest BCUT2D eigenvalue weighted by molar-refractivity contribution is 0.0513. The third kappa shape index (κ3) is 4.13. The first-order valence-electron chi connectivity index (χ1n) is 8.46. The van der Waals surface area contributed by atoms with Crippen LogP contribution in [0.25, 0.3) is 17.0 Å². The molecule has 1 saturated carbocycles. The van der Waals surface area contributed by atoms with Crippen LogP contribution >= 0.6 is 0 Å². The zero-order valence-corrected chi connectivity index (χ0v) is 14.5. The standard InChI is InChI=1S/C20H24N2O2/c1-20(2,3)24-19(23)22-18-10-6-8-15(18)13-16-12-11-14-7-4-5-9-17(14)21-16/h4-5,7,9,11-13,18H,6,8,10H2,1-3H3,(H,22,23)/b15-13+. The van der Waals surface area contributed by atoms with Crippen LogP contribution in [-0.2, 0) is 4.74 Å². The molecule has 0 saturated heterocycles. The van der Waals surface area contributed by atoms with E-state index in [0.717, 1.165) is 35.9 Å². The highest BCUT2D eigenvalue weighted by atomic mass is 16.6. The van der Waals surface area contributed by atoms with Gasteiger partial charge in [-0.15, -0.1) is 0 Å². The summed E-state index contributed by atoms with van der Waals surface area (Å²) in [5.41, 5.74) is 2.65. The van der Waals surface area contributed by atoms with Gasteiger partial charge in [0.05, 0.1) is 17.3 Å². The summed E-state index contributed by atoms with van der Waals surface area (Å²) in [7, 11) is 0. The van der Waals surface area contributed by atoms with Crippen molar-refractivity contribution in [3.05, 3.63) is 47.7 Å². The predicted octanol–water partition coefficient (Wildman–Crippen LogP) is 4.70. The molecular formula is C20H24N2O2. The number of fused-ring (bicyclic) bond motifs is 1. The molecular weight excluding hydrogens is 300 g/mol. The molecule has 1 N–H and O–H groups in total. The zero-order valence-electron chi connectivity index (χ0n) is 14.5. The van der Waals surface area contributed by atoms with Gasteiger partial charge in [0.15, 0.2) is 0 Å². The molecule has 126 valence electrons. The summed E-state index contributed by atoms with van der Waals surface area (Å²) in [5, 5.41) is 4.12. The Morgan fingerprint density at radius 2 is 2.04 bits per heavy atom. The lowest BCUT2D eigenvalue weighted by Crippen LogP contribution is -2.38. The molecule has 4 nitrogen and oxygen atoms in total. The lowest BCUT2D eigenvalue weighted by atomic mass is 10.1. The summed E-state index contributed by atoms with van der Waals surface area (Å²) < 4.78 is 5.36. The summed E-state index contributed by atoms with van der Waals surface area (Å²) in [4.78, 5) is 16.7. The Balaban J connectivity index is 1.76. The summed E-state index contributed by atoms with van der Waals surface area (Å²) in [6.45, 7) is 5.62. The minimum absolute atomic E-state index is 0.0353. The Kier molecular flexibility index (Phi) is 4.56. The smallest absolute Gasteiger partial charge is 0.408 e. The minimum atomic E-state index is -0.480. The molecule has 0 spiro atoms. The second kappa shape index (κ2) is 6.63. The van der Waals surface area contributed by atoms with Gasteiger partial charge in [-0.2, -0.15) is 0 Å². The SMILES string of the molecule is CC(C)(C)OC(=O)NC1CCC/C1=C\c1ccc2ccccc2n1. The van der Waals surface area contributed by atoms with Crippen molar-refractivity contribution < 1.29 is 9.53 Å². The fraction of sp³-hybridized carbons (Fsp3) is 0.400. The number of amides is 1. The van der Waals surface area contributed by atoms with E-state index in [1.807, 2.05) is 45.0 Å². The molecule has 0 bridgehead atoms. The van der Waals surface area contributed by atoms with E-state index >= 15 is 0 Å². The number of pyridine rings is 1. The van der Waals surface area contributed by atoms with E-state index in [1.54, 1.807) is 0 Å². The van der Waals surface area contributed by atoms with E-state index in [2.05, 4.69) is 23.5 Å². The molecule has 1 aromatic heterocycles. The lowest BCUT2D eigenvalue weighted by Gasteiger charge is -2.22. The van der Waals surface area contributed by atoms with Crippen molar-refractivity contribution in [3.63, 3.8) is 0 Å². The van der Waals surface area contributed by atoms with Crippen LogP contribution in [0, 0.1) is 0 Å². The molecule has 3 rings (SSSR count). The maximum Gasteiger partial charge on any atom is 0.408 e. The molecule has 2 aromatic rings. The largest absolute Gasteiger partial charge is 0.444 e. The molecule has 0 radical (unpaired) electrons. The van der Waals surface area contributed by atoms with Crippen LogP contribution in [0.1, 0.15) is 45.7 Å². The first kappa shape index (κ1) is 16.5. The Labute approximate surface area is 142 Å². The van der Waals surface area contributed by atoms with Gasteiger partial charge in [0.25, 0.3) is 0 Å². The Morgan fingerprint density at radius 3 is 2.83 bits per heavy atom. The van der Waals surface area contributed by atoms with Crippen LogP contribution < -0.4 is 5.32 Å². The van der Waals surface area contributed by atoms with Crippen molar-refractivity contribution >= 4 is 23.1 Å². The van der Waals surface area contributed by atoms with E-state index in [4.69, 9.17) is 9.72 Å². The maximum absolute atomic E-state index is 12.0. The molecule has 1 aromatic carbocycles. The van der Waals surface area contributed by atoms with E-state index in [-0.39, 0.29) is 12.1 Å². The minimum Gasteiger partial charge on any atom is -0.444 e. The van der Waals surface area contributed by atoms with Gasteiger partial charge in [-0.05, 0) is 63.8 Å². The number of hydrogen-bond donors (Lipinski definition) is 1. The topological polar surface area (TPSA) is 51.2 Å². The first-order valence-corrected chi connectivity index (χ1v) is 8.46. The normalized spacial score (nSPS) is 19.6. The van der Waals surface area contributed by atoms with Crippen molar-refractivity contribution in [1.29, 1.82) is 0 Å². The Bertz CT molecular complexity index is 775. The number of ether oxygens (including phenoxy) is 1. The fourth-order valence-corrected chi connectivity index (χ4v) is 3.01. The third-order valence-corrected chi connectivity index (χ3v) is 4.05. The molecule has 1 aliphatic carbocycles.